The molecular formula is C20H35N5O5S2. The molecule has 1 saturated heterocycles. The molecule has 10 nitrogen and oxygen atoms in total. The van der Waals surface area contributed by atoms with Gasteiger partial charge < -0.3 is 26.6 Å². The Kier molecular flexibility index (Phi) is 10.3. The molecule has 1 aliphatic rings. The van der Waals surface area contributed by atoms with Crippen LogP contribution in [0.4, 0.5) is 0 Å². The van der Waals surface area contributed by atoms with Gasteiger partial charge in [-0.1, -0.05) is 13.8 Å². The molecular weight excluding hydrogens is 454 g/mol. The molecule has 0 aromatic heterocycles. The van der Waals surface area contributed by atoms with Crippen molar-refractivity contribution in [3.05, 3.63) is 0 Å². The van der Waals surface area contributed by atoms with Crippen molar-refractivity contribution in [2.75, 3.05) is 12.3 Å². The lowest BCUT2D eigenvalue weighted by molar-refractivity contribution is -0.142. The summed E-state index contributed by atoms with van der Waals surface area (Å²) in [5, 5.41) is 7.81. The summed E-state index contributed by atoms with van der Waals surface area (Å²) >= 11 is 8.45. The van der Waals surface area contributed by atoms with Crippen LogP contribution in [0.25, 0.3) is 0 Å². The highest BCUT2D eigenvalue weighted by molar-refractivity contribution is 7.81. The Bertz CT molecular complexity index is 740. The number of amides is 5. The molecule has 5 N–H and O–H groups in total. The highest BCUT2D eigenvalue weighted by Gasteiger charge is 2.43. The molecule has 0 aliphatic carbocycles. The van der Waals surface area contributed by atoms with E-state index in [0.29, 0.717) is 19.4 Å². The zero-order valence-corrected chi connectivity index (χ0v) is 21.0. The van der Waals surface area contributed by atoms with Crippen LogP contribution >= 0.6 is 25.3 Å². The van der Waals surface area contributed by atoms with Gasteiger partial charge in [0.15, 0.2) is 0 Å². The van der Waals surface area contributed by atoms with Gasteiger partial charge in [0, 0.05) is 24.0 Å². The van der Waals surface area contributed by atoms with Crippen LogP contribution in [0, 0.1) is 5.92 Å². The highest BCUT2D eigenvalue weighted by Crippen LogP contribution is 2.25. The van der Waals surface area contributed by atoms with Gasteiger partial charge in [0.2, 0.25) is 29.5 Å². The van der Waals surface area contributed by atoms with Crippen molar-refractivity contribution in [2.24, 2.45) is 11.7 Å². The van der Waals surface area contributed by atoms with E-state index in [1.165, 1.54) is 11.8 Å². The molecule has 0 aromatic rings. The number of primary amides is 1. The molecule has 1 fully saturated rings. The highest BCUT2D eigenvalue weighted by atomic mass is 32.1. The number of hydrogen-bond donors (Lipinski definition) is 6. The van der Waals surface area contributed by atoms with Crippen LogP contribution in [-0.2, 0) is 24.0 Å². The Balaban J connectivity index is 3.01. The van der Waals surface area contributed by atoms with Crippen LogP contribution in [0.15, 0.2) is 0 Å². The van der Waals surface area contributed by atoms with Crippen LogP contribution in [-0.4, -0.2) is 75.6 Å². The third-order valence-corrected chi connectivity index (χ3v) is 5.85. The fourth-order valence-electron chi connectivity index (χ4n) is 3.47. The molecule has 0 radical (unpaired) electrons. The molecule has 0 spiro atoms. The number of carbonyl (C=O) groups is 5. The number of nitrogens with two attached hydrogens (primary N) is 1. The SMILES string of the molecule is CC(=O)N[C@H](C(=O)N1CCC[C@H]1C(=O)N[C@@H](C(=O)N[C@@H](CS)C(N)=O)C(C)C)C(C)(C)S. The first-order valence-corrected chi connectivity index (χ1v) is 11.6. The minimum absolute atomic E-state index is 0.0226. The van der Waals surface area contributed by atoms with Gasteiger partial charge in [-0.15, -0.1) is 0 Å². The third-order valence-electron chi connectivity index (χ3n) is 5.23. The first-order chi connectivity index (χ1) is 14.7. The zero-order chi connectivity index (χ0) is 24.8. The minimum atomic E-state index is -0.968. The van der Waals surface area contributed by atoms with E-state index in [1.807, 2.05) is 0 Å². The van der Waals surface area contributed by atoms with E-state index in [2.05, 4.69) is 41.2 Å². The first-order valence-electron chi connectivity index (χ1n) is 10.5. The van der Waals surface area contributed by atoms with Crippen LogP contribution in [0.3, 0.4) is 0 Å². The summed E-state index contributed by atoms with van der Waals surface area (Å²) in [5.41, 5.74) is 5.25. The Hall–Kier alpha value is -1.95. The summed E-state index contributed by atoms with van der Waals surface area (Å²) in [6.07, 6.45) is 1.02. The number of nitrogens with zero attached hydrogens (tertiary/aromatic N) is 1. The van der Waals surface area contributed by atoms with E-state index in [4.69, 9.17) is 5.73 Å². The molecule has 0 aromatic carbocycles. The van der Waals surface area contributed by atoms with E-state index in [1.54, 1.807) is 27.7 Å². The molecule has 182 valence electrons. The Morgan fingerprint density at radius 3 is 2.16 bits per heavy atom. The van der Waals surface area contributed by atoms with Crippen LogP contribution in [0.1, 0.15) is 47.5 Å². The van der Waals surface area contributed by atoms with Crippen molar-refractivity contribution in [1.29, 1.82) is 0 Å². The van der Waals surface area contributed by atoms with Gasteiger partial charge in [-0.3, -0.25) is 24.0 Å². The van der Waals surface area contributed by atoms with Gasteiger partial charge in [0.05, 0.1) is 0 Å². The maximum absolute atomic E-state index is 13.2. The average Bonchev–Trinajstić information content (AvgIpc) is 3.15. The Morgan fingerprint density at radius 1 is 1.12 bits per heavy atom. The normalized spacial score (nSPS) is 19.1. The molecule has 1 aliphatic heterocycles. The fraction of sp³-hybridized carbons (Fsp3) is 0.750. The third kappa shape index (κ3) is 7.58. The number of rotatable bonds is 10. The standard InChI is InChI=1S/C20H35N5O5S2/c1-10(2)14(18(29)23-12(9-31)16(21)27)24-17(28)13-7-6-8-25(13)19(30)15(20(4,5)32)22-11(3)26/h10,12-15,31-32H,6-9H2,1-5H3,(H2,21,27)(H,22,26)(H,23,29)(H,24,28)/t12-,13-,14+,15+/m0/s1. The molecule has 4 atom stereocenters. The summed E-state index contributed by atoms with van der Waals surface area (Å²) in [6.45, 7) is 8.56. The Morgan fingerprint density at radius 2 is 1.72 bits per heavy atom. The fourth-order valence-corrected chi connectivity index (χ4v) is 3.91. The average molecular weight is 490 g/mol. The molecule has 0 bridgehead atoms. The maximum atomic E-state index is 13.2. The van der Waals surface area contributed by atoms with E-state index >= 15 is 0 Å². The molecule has 5 amide bonds. The smallest absolute Gasteiger partial charge is 0.247 e. The zero-order valence-electron chi connectivity index (χ0n) is 19.2. The Labute approximate surface area is 200 Å². The van der Waals surface area contributed by atoms with E-state index in [-0.39, 0.29) is 17.6 Å². The topological polar surface area (TPSA) is 151 Å². The second-order valence-electron chi connectivity index (χ2n) is 8.85. The van der Waals surface area contributed by atoms with Gasteiger partial charge in [-0.2, -0.15) is 25.3 Å². The summed E-state index contributed by atoms with van der Waals surface area (Å²) < 4.78 is -0.858. The van der Waals surface area contributed by atoms with Gasteiger partial charge >= 0.3 is 0 Å². The van der Waals surface area contributed by atoms with Gasteiger partial charge in [-0.05, 0) is 32.6 Å². The van der Waals surface area contributed by atoms with Crippen molar-refractivity contribution in [1.82, 2.24) is 20.9 Å². The van der Waals surface area contributed by atoms with Crippen molar-refractivity contribution in [3.63, 3.8) is 0 Å². The minimum Gasteiger partial charge on any atom is -0.368 e. The predicted molar refractivity (Wildman–Crippen MR) is 127 cm³/mol. The summed E-state index contributed by atoms with van der Waals surface area (Å²) in [5.74, 6) is -2.83. The molecule has 1 rings (SSSR count). The lowest BCUT2D eigenvalue weighted by Gasteiger charge is -2.35. The van der Waals surface area contributed by atoms with Crippen molar-refractivity contribution in [2.45, 2.75) is 76.4 Å². The summed E-state index contributed by atoms with van der Waals surface area (Å²) in [6, 6.07) is -3.62. The predicted octanol–water partition coefficient (Wildman–Crippen LogP) is -0.769. The second kappa shape index (κ2) is 11.8. The number of hydrogen-bond acceptors (Lipinski definition) is 7. The van der Waals surface area contributed by atoms with Crippen molar-refractivity contribution in [3.8, 4) is 0 Å². The number of carbonyl (C=O) groups excluding carboxylic acids is 5. The molecule has 32 heavy (non-hydrogen) atoms. The summed E-state index contributed by atoms with van der Waals surface area (Å²) in [7, 11) is 0. The monoisotopic (exact) mass is 489 g/mol. The number of likely N-dealkylation sites (tertiary alicyclic amines) is 1. The number of thiol groups is 2. The maximum Gasteiger partial charge on any atom is 0.247 e. The van der Waals surface area contributed by atoms with Crippen molar-refractivity contribution >= 4 is 54.8 Å². The molecule has 0 saturated carbocycles. The van der Waals surface area contributed by atoms with Crippen LogP contribution in [0.2, 0.25) is 0 Å². The lowest BCUT2D eigenvalue weighted by atomic mass is 10.00. The van der Waals surface area contributed by atoms with Crippen molar-refractivity contribution < 1.29 is 24.0 Å². The van der Waals surface area contributed by atoms with E-state index in [9.17, 15) is 24.0 Å². The quantitative estimate of drug-likeness (QED) is 0.223. The van der Waals surface area contributed by atoms with Crippen LogP contribution < -0.4 is 21.7 Å². The lowest BCUT2D eigenvalue weighted by Crippen LogP contribution is -2.61. The van der Waals surface area contributed by atoms with Crippen LogP contribution in [0.5, 0.6) is 0 Å². The molecule has 12 heteroatoms. The largest absolute Gasteiger partial charge is 0.368 e. The number of nitrogens with one attached hydrogen (secondary N) is 3. The van der Waals surface area contributed by atoms with E-state index in [0.717, 1.165) is 0 Å². The van der Waals surface area contributed by atoms with E-state index < -0.39 is 52.5 Å². The summed E-state index contributed by atoms with van der Waals surface area (Å²) in [4.78, 5) is 63.4. The first kappa shape index (κ1) is 28.1. The second-order valence-corrected chi connectivity index (χ2v) is 10.4. The molecule has 0 unspecified atom stereocenters. The molecule has 1 heterocycles. The van der Waals surface area contributed by atoms with Gasteiger partial charge in [0.1, 0.15) is 24.2 Å². The van der Waals surface area contributed by atoms with Gasteiger partial charge in [-0.25, -0.2) is 0 Å². The van der Waals surface area contributed by atoms with Gasteiger partial charge in [0.25, 0.3) is 0 Å².